The van der Waals surface area contributed by atoms with E-state index in [1.807, 2.05) is 42.5 Å². The minimum atomic E-state index is -0.121. The maximum atomic E-state index is 13.3. The van der Waals surface area contributed by atoms with Gasteiger partial charge in [-0.2, -0.15) is 0 Å². The molecule has 2 heterocycles. The van der Waals surface area contributed by atoms with Crippen LogP contribution in [-0.2, 0) is 4.79 Å². The number of para-hydroxylation sites is 2. The molecule has 0 amide bonds. The molecule has 0 spiro atoms. The first-order valence-corrected chi connectivity index (χ1v) is 10.6. The highest BCUT2D eigenvalue weighted by atomic mass is 35.5. The Morgan fingerprint density at radius 1 is 0.929 bits per heavy atom. The standard InChI is InChI=1S/C23H19ClN2OS/c24-16-9-7-14(8-10-16)15-12-19-22(20(27)13-15)23(21-6-3-11-28-21)26-18-5-2-1-4-17(18)25-19/h1-11,15,23,25-26H,12-13H2. The van der Waals surface area contributed by atoms with E-state index in [-0.39, 0.29) is 17.7 Å². The van der Waals surface area contributed by atoms with Gasteiger partial charge in [0.2, 0.25) is 0 Å². The van der Waals surface area contributed by atoms with Crippen LogP contribution in [0.4, 0.5) is 11.4 Å². The van der Waals surface area contributed by atoms with Crippen molar-refractivity contribution in [3.63, 3.8) is 0 Å². The van der Waals surface area contributed by atoms with Gasteiger partial charge in [-0.3, -0.25) is 4.79 Å². The topological polar surface area (TPSA) is 41.1 Å². The van der Waals surface area contributed by atoms with Crippen molar-refractivity contribution in [2.45, 2.75) is 24.8 Å². The molecule has 1 aliphatic carbocycles. The monoisotopic (exact) mass is 406 g/mol. The number of carbonyl (C=O) groups is 1. The molecule has 3 aromatic rings. The first kappa shape index (κ1) is 17.5. The third-order valence-corrected chi connectivity index (χ3v) is 6.67. The van der Waals surface area contributed by atoms with Crippen LogP contribution in [0.1, 0.15) is 35.2 Å². The van der Waals surface area contributed by atoms with Gasteiger partial charge >= 0.3 is 0 Å². The summed E-state index contributed by atoms with van der Waals surface area (Å²) < 4.78 is 0. The van der Waals surface area contributed by atoms with Crippen molar-refractivity contribution < 1.29 is 4.79 Å². The quantitative estimate of drug-likeness (QED) is 0.518. The van der Waals surface area contributed by atoms with Crippen LogP contribution in [0.15, 0.2) is 77.3 Å². The normalized spacial score (nSPS) is 21.2. The van der Waals surface area contributed by atoms with E-state index in [0.717, 1.165) is 39.5 Å². The van der Waals surface area contributed by atoms with Crippen LogP contribution in [0.2, 0.25) is 5.02 Å². The zero-order chi connectivity index (χ0) is 19.1. The summed E-state index contributed by atoms with van der Waals surface area (Å²) >= 11 is 7.73. The van der Waals surface area contributed by atoms with Gasteiger partial charge < -0.3 is 10.6 Å². The van der Waals surface area contributed by atoms with Crippen LogP contribution >= 0.6 is 22.9 Å². The Bertz CT molecular complexity index is 1060. The van der Waals surface area contributed by atoms with E-state index >= 15 is 0 Å². The van der Waals surface area contributed by atoms with Gasteiger partial charge in [-0.05, 0) is 53.6 Å². The lowest BCUT2D eigenvalue weighted by atomic mass is 9.79. The molecule has 2 aromatic carbocycles. The number of benzene rings is 2. The van der Waals surface area contributed by atoms with Gasteiger partial charge in [-0.1, -0.05) is 41.9 Å². The van der Waals surface area contributed by atoms with Gasteiger partial charge in [0, 0.05) is 27.6 Å². The highest BCUT2D eigenvalue weighted by Gasteiger charge is 2.36. The van der Waals surface area contributed by atoms with Crippen molar-refractivity contribution in [1.29, 1.82) is 0 Å². The highest BCUT2D eigenvalue weighted by molar-refractivity contribution is 7.10. The van der Waals surface area contributed by atoms with Crippen molar-refractivity contribution in [3.8, 4) is 0 Å². The maximum Gasteiger partial charge on any atom is 0.163 e. The largest absolute Gasteiger partial charge is 0.372 e. The molecule has 5 rings (SSSR count). The lowest BCUT2D eigenvalue weighted by Gasteiger charge is -2.29. The Morgan fingerprint density at radius 2 is 1.71 bits per heavy atom. The minimum absolute atomic E-state index is 0.121. The van der Waals surface area contributed by atoms with Crippen LogP contribution in [0.3, 0.4) is 0 Å². The summed E-state index contributed by atoms with van der Waals surface area (Å²) in [5.41, 5.74) is 5.07. The molecule has 0 fully saturated rings. The predicted octanol–water partition coefficient (Wildman–Crippen LogP) is 6.38. The van der Waals surface area contributed by atoms with Gasteiger partial charge in [-0.15, -0.1) is 11.3 Å². The molecular weight excluding hydrogens is 388 g/mol. The number of rotatable bonds is 2. The second kappa shape index (κ2) is 7.12. The zero-order valence-electron chi connectivity index (χ0n) is 15.1. The molecule has 2 unspecified atom stereocenters. The summed E-state index contributed by atoms with van der Waals surface area (Å²) in [7, 11) is 0. The summed E-state index contributed by atoms with van der Waals surface area (Å²) in [4.78, 5) is 14.5. The van der Waals surface area contributed by atoms with Gasteiger partial charge in [0.15, 0.2) is 5.78 Å². The number of nitrogens with one attached hydrogen (secondary N) is 2. The van der Waals surface area contributed by atoms with Crippen molar-refractivity contribution in [2.24, 2.45) is 0 Å². The van der Waals surface area contributed by atoms with Crippen LogP contribution in [-0.4, -0.2) is 5.78 Å². The minimum Gasteiger partial charge on any atom is -0.372 e. The third kappa shape index (κ3) is 3.13. The fourth-order valence-electron chi connectivity index (χ4n) is 4.13. The SMILES string of the molecule is O=C1CC(c2ccc(Cl)cc2)CC2=C1C(c1cccs1)Nc1ccccc1N2. The summed E-state index contributed by atoms with van der Waals surface area (Å²) in [5, 5.41) is 9.95. The number of carbonyl (C=O) groups excluding carboxylic acids is 1. The van der Waals surface area contributed by atoms with Crippen molar-refractivity contribution in [1.82, 2.24) is 0 Å². The highest BCUT2D eigenvalue weighted by Crippen LogP contribution is 2.44. The van der Waals surface area contributed by atoms with Gasteiger partial charge in [-0.25, -0.2) is 0 Å². The molecule has 140 valence electrons. The molecule has 2 atom stereocenters. The number of halogens is 1. The number of allylic oxidation sites excluding steroid dienone is 1. The lowest BCUT2D eigenvalue weighted by molar-refractivity contribution is -0.116. The molecule has 1 aliphatic heterocycles. The fourth-order valence-corrected chi connectivity index (χ4v) is 5.04. The Hall–Kier alpha value is -2.56. The van der Waals surface area contributed by atoms with E-state index in [1.165, 1.54) is 0 Å². The second-order valence-electron chi connectivity index (χ2n) is 7.24. The first-order valence-electron chi connectivity index (χ1n) is 9.37. The number of hydrogen-bond donors (Lipinski definition) is 2. The van der Waals surface area contributed by atoms with E-state index in [2.05, 4.69) is 34.2 Å². The van der Waals surface area contributed by atoms with Crippen LogP contribution in [0.5, 0.6) is 0 Å². The third-order valence-electron chi connectivity index (χ3n) is 5.48. The Morgan fingerprint density at radius 3 is 2.46 bits per heavy atom. The molecule has 3 nitrogen and oxygen atoms in total. The Balaban J connectivity index is 1.59. The number of hydrogen-bond acceptors (Lipinski definition) is 4. The zero-order valence-corrected chi connectivity index (χ0v) is 16.7. The molecule has 0 radical (unpaired) electrons. The van der Waals surface area contributed by atoms with Crippen LogP contribution in [0.25, 0.3) is 0 Å². The summed E-state index contributed by atoms with van der Waals surface area (Å²) in [6.07, 6.45) is 1.32. The number of fused-ring (bicyclic) bond motifs is 1. The van der Waals surface area contributed by atoms with E-state index in [9.17, 15) is 4.79 Å². The molecule has 0 saturated heterocycles. The number of ketones is 1. The van der Waals surface area contributed by atoms with Crippen molar-refractivity contribution in [2.75, 3.05) is 10.6 Å². The lowest BCUT2D eigenvalue weighted by Crippen LogP contribution is -2.26. The van der Waals surface area contributed by atoms with Crippen molar-refractivity contribution in [3.05, 3.63) is 92.8 Å². The number of thiophene rings is 1. The van der Waals surface area contributed by atoms with Gasteiger partial charge in [0.05, 0.1) is 17.4 Å². The molecule has 5 heteroatoms. The number of Topliss-reactive ketones (excluding diaryl/α,β-unsaturated/α-hetero) is 1. The summed E-state index contributed by atoms with van der Waals surface area (Å²) in [5.74, 6) is 0.359. The molecule has 2 N–H and O–H groups in total. The van der Waals surface area contributed by atoms with E-state index in [4.69, 9.17) is 11.6 Å². The Labute approximate surface area is 173 Å². The summed E-state index contributed by atoms with van der Waals surface area (Å²) in [6, 6.07) is 20.0. The van der Waals surface area contributed by atoms with Gasteiger partial charge in [0.25, 0.3) is 0 Å². The average molecular weight is 407 g/mol. The van der Waals surface area contributed by atoms with Crippen LogP contribution in [0, 0.1) is 0 Å². The maximum absolute atomic E-state index is 13.3. The fraction of sp³-hybridized carbons (Fsp3) is 0.174. The molecule has 0 bridgehead atoms. The molecular formula is C23H19ClN2OS. The molecule has 2 aliphatic rings. The van der Waals surface area contributed by atoms with Crippen molar-refractivity contribution >= 4 is 40.1 Å². The summed E-state index contributed by atoms with van der Waals surface area (Å²) in [6.45, 7) is 0. The molecule has 28 heavy (non-hydrogen) atoms. The predicted molar refractivity (Wildman–Crippen MR) is 116 cm³/mol. The smallest absolute Gasteiger partial charge is 0.163 e. The number of anilines is 2. The molecule has 1 aromatic heterocycles. The van der Waals surface area contributed by atoms with Crippen LogP contribution < -0.4 is 10.6 Å². The Kier molecular flexibility index (Phi) is 4.46. The molecule has 0 saturated carbocycles. The first-order chi connectivity index (χ1) is 13.7. The van der Waals surface area contributed by atoms with E-state index in [1.54, 1.807) is 11.3 Å². The van der Waals surface area contributed by atoms with E-state index < -0.39 is 0 Å². The average Bonchev–Trinajstić information content (AvgIpc) is 3.17. The second-order valence-corrected chi connectivity index (χ2v) is 8.65. The van der Waals surface area contributed by atoms with Gasteiger partial charge in [0.1, 0.15) is 0 Å². The van der Waals surface area contributed by atoms with E-state index in [0.29, 0.717) is 11.4 Å².